The van der Waals surface area contributed by atoms with Crippen LogP contribution in [0.3, 0.4) is 0 Å². The number of carboxylic acid groups (broad SMARTS) is 1. The predicted octanol–water partition coefficient (Wildman–Crippen LogP) is 3.18. The smallest absolute Gasteiger partial charge is 0.310 e. The van der Waals surface area contributed by atoms with Crippen LogP contribution in [0.5, 0.6) is 0 Å². The zero-order valence-electron chi connectivity index (χ0n) is 8.32. The molecule has 1 aliphatic carbocycles. The summed E-state index contributed by atoms with van der Waals surface area (Å²) in [6.07, 6.45) is 0. The maximum absolute atomic E-state index is 10.9. The van der Waals surface area contributed by atoms with Crippen LogP contribution in [-0.4, -0.2) is 15.4 Å². The lowest BCUT2D eigenvalue weighted by Gasteiger charge is -2.02. The van der Waals surface area contributed by atoms with Crippen LogP contribution in [0.25, 0.3) is 0 Å². The minimum Gasteiger partial charge on any atom is -0.481 e. The number of benzene rings is 1. The van der Waals surface area contributed by atoms with Gasteiger partial charge in [-0.3, -0.25) is 4.79 Å². The number of nitriles is 1. The fraction of sp³-hybridized carbons (Fsp3) is 0.273. The van der Waals surface area contributed by atoms with Gasteiger partial charge >= 0.3 is 5.97 Å². The first-order chi connectivity index (χ1) is 7.87. The molecule has 2 atom stereocenters. The van der Waals surface area contributed by atoms with Crippen LogP contribution in [0, 0.1) is 17.2 Å². The fourth-order valence-corrected chi connectivity index (χ4v) is 2.97. The van der Waals surface area contributed by atoms with Crippen LogP contribution >= 0.6 is 34.8 Å². The highest BCUT2D eigenvalue weighted by molar-refractivity contribution is 6.53. The van der Waals surface area contributed by atoms with Gasteiger partial charge in [-0.1, -0.05) is 34.8 Å². The summed E-state index contributed by atoms with van der Waals surface area (Å²) in [5.74, 6) is -2.46. The van der Waals surface area contributed by atoms with Gasteiger partial charge in [0.1, 0.15) is 4.33 Å². The second-order valence-electron chi connectivity index (χ2n) is 3.85. The predicted molar refractivity (Wildman–Crippen MR) is 64.5 cm³/mol. The molecule has 88 valence electrons. The normalized spacial score (nSPS) is 25.1. The maximum Gasteiger partial charge on any atom is 0.310 e. The lowest BCUT2D eigenvalue weighted by Crippen LogP contribution is -2.03. The van der Waals surface area contributed by atoms with Gasteiger partial charge in [-0.05, 0) is 23.8 Å². The molecule has 6 heteroatoms. The highest BCUT2D eigenvalue weighted by atomic mass is 35.5. The molecule has 3 nitrogen and oxygen atoms in total. The number of halogens is 3. The highest BCUT2D eigenvalue weighted by Crippen LogP contribution is 2.65. The minimum absolute atomic E-state index is 0.354. The van der Waals surface area contributed by atoms with Crippen molar-refractivity contribution in [1.82, 2.24) is 0 Å². The first-order valence-corrected chi connectivity index (χ1v) is 5.82. The molecule has 0 amide bonds. The van der Waals surface area contributed by atoms with Gasteiger partial charge < -0.3 is 5.11 Å². The average Bonchev–Trinajstić information content (AvgIpc) is 2.80. The summed E-state index contributed by atoms with van der Waals surface area (Å²) >= 11 is 17.7. The van der Waals surface area contributed by atoms with E-state index in [0.29, 0.717) is 16.1 Å². The van der Waals surface area contributed by atoms with E-state index in [4.69, 9.17) is 45.2 Å². The summed E-state index contributed by atoms with van der Waals surface area (Å²) in [7, 11) is 0. The summed E-state index contributed by atoms with van der Waals surface area (Å²) in [6, 6.07) is 6.57. The number of rotatable bonds is 2. The third-order valence-electron chi connectivity index (χ3n) is 2.73. The van der Waals surface area contributed by atoms with Crippen LogP contribution in [-0.2, 0) is 4.79 Å². The Morgan fingerprint density at radius 2 is 2.06 bits per heavy atom. The van der Waals surface area contributed by atoms with E-state index in [9.17, 15) is 4.79 Å². The van der Waals surface area contributed by atoms with E-state index < -0.39 is 22.1 Å². The van der Waals surface area contributed by atoms with Crippen molar-refractivity contribution in [2.45, 2.75) is 10.3 Å². The van der Waals surface area contributed by atoms with E-state index in [0.717, 1.165) is 0 Å². The molecule has 1 N–H and O–H groups in total. The van der Waals surface area contributed by atoms with Gasteiger partial charge in [-0.25, -0.2) is 0 Å². The van der Waals surface area contributed by atoms with Gasteiger partial charge in [0.2, 0.25) is 0 Å². The molecule has 1 saturated carbocycles. The molecule has 1 aromatic carbocycles. The molecule has 1 aromatic rings. The van der Waals surface area contributed by atoms with Crippen molar-refractivity contribution in [3.8, 4) is 6.07 Å². The molecule has 2 rings (SSSR count). The zero-order valence-corrected chi connectivity index (χ0v) is 10.6. The van der Waals surface area contributed by atoms with Crippen LogP contribution in [0.4, 0.5) is 0 Å². The van der Waals surface area contributed by atoms with Crippen molar-refractivity contribution in [2.75, 3.05) is 0 Å². The van der Waals surface area contributed by atoms with Crippen molar-refractivity contribution in [3.63, 3.8) is 0 Å². The summed E-state index contributed by atoms with van der Waals surface area (Å²) in [5, 5.41) is 18.1. The Bertz CT molecular complexity index is 536. The van der Waals surface area contributed by atoms with Gasteiger partial charge in [0, 0.05) is 10.9 Å². The Kier molecular flexibility index (Phi) is 2.99. The summed E-state index contributed by atoms with van der Waals surface area (Å²) in [6.45, 7) is 0. The number of nitrogens with zero attached hydrogens (tertiary/aromatic N) is 1. The van der Waals surface area contributed by atoms with E-state index in [-0.39, 0.29) is 0 Å². The lowest BCUT2D eigenvalue weighted by atomic mass is 10.1. The Morgan fingerprint density at radius 3 is 2.53 bits per heavy atom. The Hall–Kier alpha value is -0.950. The van der Waals surface area contributed by atoms with E-state index in [1.54, 1.807) is 12.1 Å². The van der Waals surface area contributed by atoms with Crippen LogP contribution in [0.15, 0.2) is 18.2 Å². The Labute approximate surface area is 113 Å². The number of hydrogen-bond donors (Lipinski definition) is 1. The first-order valence-electron chi connectivity index (χ1n) is 4.69. The molecule has 0 bridgehead atoms. The van der Waals surface area contributed by atoms with Gasteiger partial charge in [-0.15, -0.1) is 0 Å². The molecule has 0 saturated heterocycles. The minimum atomic E-state index is -1.33. The largest absolute Gasteiger partial charge is 0.481 e. The number of carbonyl (C=O) groups is 1. The van der Waals surface area contributed by atoms with E-state index >= 15 is 0 Å². The SMILES string of the molecule is N#Cc1cc(Cl)cc([C@@H]2[C@@H](C(=O)O)C2(Cl)Cl)c1. The van der Waals surface area contributed by atoms with Gasteiger partial charge in [-0.2, -0.15) is 5.26 Å². The highest BCUT2D eigenvalue weighted by Gasteiger charge is 2.68. The van der Waals surface area contributed by atoms with Crippen molar-refractivity contribution >= 4 is 40.8 Å². The van der Waals surface area contributed by atoms with Crippen molar-refractivity contribution in [3.05, 3.63) is 34.3 Å². The number of carboxylic acids is 1. The molecule has 0 spiro atoms. The molecule has 0 radical (unpaired) electrons. The maximum atomic E-state index is 10.9. The van der Waals surface area contributed by atoms with E-state index in [2.05, 4.69) is 0 Å². The van der Waals surface area contributed by atoms with Crippen LogP contribution in [0.1, 0.15) is 17.0 Å². The number of alkyl halides is 2. The molecule has 17 heavy (non-hydrogen) atoms. The second kappa shape index (κ2) is 4.06. The van der Waals surface area contributed by atoms with Crippen LogP contribution in [0.2, 0.25) is 5.02 Å². The number of aliphatic carboxylic acids is 1. The average molecular weight is 291 g/mol. The summed E-state index contributed by atoms with van der Waals surface area (Å²) in [4.78, 5) is 10.9. The molecule has 0 heterocycles. The summed E-state index contributed by atoms with van der Waals surface area (Å²) < 4.78 is -1.33. The van der Waals surface area contributed by atoms with Crippen LogP contribution < -0.4 is 0 Å². The second-order valence-corrected chi connectivity index (χ2v) is 5.73. The summed E-state index contributed by atoms with van der Waals surface area (Å²) in [5.41, 5.74) is 0.930. The molecule has 0 aromatic heterocycles. The number of hydrogen-bond acceptors (Lipinski definition) is 2. The lowest BCUT2D eigenvalue weighted by molar-refractivity contribution is -0.138. The van der Waals surface area contributed by atoms with Gasteiger partial charge in [0.05, 0.1) is 17.6 Å². The topological polar surface area (TPSA) is 61.1 Å². The van der Waals surface area contributed by atoms with Crippen molar-refractivity contribution in [1.29, 1.82) is 5.26 Å². The van der Waals surface area contributed by atoms with E-state index in [1.165, 1.54) is 6.07 Å². The standard InChI is InChI=1S/C11H6Cl3NO2/c12-7-2-5(4-15)1-6(3-7)8-9(10(16)17)11(8,13)14/h1-3,8-9H,(H,16,17)/t8-,9+/m1/s1. The molecule has 1 aliphatic rings. The molecular weight excluding hydrogens is 284 g/mol. The van der Waals surface area contributed by atoms with Crippen molar-refractivity contribution < 1.29 is 9.90 Å². The zero-order chi connectivity index (χ0) is 12.8. The van der Waals surface area contributed by atoms with E-state index in [1.807, 2.05) is 6.07 Å². The molecule has 0 aliphatic heterocycles. The first kappa shape index (κ1) is 12.5. The molecule has 1 fully saturated rings. The van der Waals surface area contributed by atoms with Gasteiger partial charge in [0.25, 0.3) is 0 Å². The monoisotopic (exact) mass is 289 g/mol. The third kappa shape index (κ3) is 2.09. The Morgan fingerprint density at radius 1 is 1.41 bits per heavy atom. The quantitative estimate of drug-likeness (QED) is 0.851. The van der Waals surface area contributed by atoms with Gasteiger partial charge in [0.15, 0.2) is 0 Å². The molecular formula is C11H6Cl3NO2. The third-order valence-corrected chi connectivity index (χ3v) is 3.89. The van der Waals surface area contributed by atoms with Crippen molar-refractivity contribution in [2.24, 2.45) is 5.92 Å². The molecule has 0 unspecified atom stereocenters. The fourth-order valence-electron chi connectivity index (χ4n) is 1.91. The Balaban J connectivity index is 2.41.